The van der Waals surface area contributed by atoms with Gasteiger partial charge in [0.2, 0.25) is 0 Å². The van der Waals surface area contributed by atoms with Crippen LogP contribution in [0.25, 0.3) is 0 Å². The number of rotatable bonds is 2. The molecule has 0 unspecified atom stereocenters. The lowest BCUT2D eigenvalue weighted by Gasteiger charge is -1.95. The van der Waals surface area contributed by atoms with Crippen molar-refractivity contribution in [2.75, 3.05) is 5.73 Å². The largest absolute Gasteiger partial charge is 0.457 e. The Balaban J connectivity index is 2.18. The molecule has 2 aromatic rings. The van der Waals surface area contributed by atoms with E-state index < -0.39 is 0 Å². The molecule has 0 aliphatic carbocycles. The van der Waals surface area contributed by atoms with Gasteiger partial charge in [-0.25, -0.2) is 0 Å². The van der Waals surface area contributed by atoms with Crippen LogP contribution in [0.15, 0.2) is 27.6 Å². The van der Waals surface area contributed by atoms with E-state index in [1.54, 1.807) is 10.9 Å². The van der Waals surface area contributed by atoms with Crippen LogP contribution in [0.5, 0.6) is 0 Å². The van der Waals surface area contributed by atoms with E-state index in [1.807, 2.05) is 19.2 Å². The first-order chi connectivity index (χ1) is 6.65. The van der Waals surface area contributed by atoms with Crippen LogP contribution in [0.2, 0.25) is 0 Å². The van der Waals surface area contributed by atoms with Gasteiger partial charge in [-0.1, -0.05) is 0 Å². The number of nitrogens with zero attached hydrogens (tertiary/aromatic N) is 2. The number of aryl methyl sites for hydroxylation is 1. The molecule has 5 heteroatoms. The summed E-state index contributed by atoms with van der Waals surface area (Å²) < 4.78 is 7.64. The van der Waals surface area contributed by atoms with E-state index in [1.165, 1.54) is 0 Å². The van der Waals surface area contributed by atoms with Gasteiger partial charge in [0.05, 0.1) is 24.2 Å². The van der Waals surface area contributed by atoms with E-state index in [4.69, 9.17) is 10.2 Å². The molecule has 2 heterocycles. The third-order valence-corrected chi connectivity index (χ3v) is 2.37. The van der Waals surface area contributed by atoms with Crippen molar-refractivity contribution >= 4 is 21.6 Å². The highest BCUT2D eigenvalue weighted by Gasteiger charge is 2.03. The molecule has 0 amide bonds. The number of nitrogens with two attached hydrogens (primary N) is 1. The zero-order chi connectivity index (χ0) is 10.1. The smallest absolute Gasteiger partial charge is 0.169 e. The second-order valence-corrected chi connectivity index (χ2v) is 3.91. The molecular formula is C9H10BrN3O. The maximum absolute atomic E-state index is 5.68. The van der Waals surface area contributed by atoms with Crippen LogP contribution < -0.4 is 5.73 Å². The van der Waals surface area contributed by atoms with Crippen LogP contribution in [0.4, 0.5) is 5.69 Å². The Labute approximate surface area is 89.8 Å². The minimum absolute atomic E-state index is 0.674. The lowest BCUT2D eigenvalue weighted by atomic mass is 10.3. The number of furan rings is 1. The summed E-state index contributed by atoms with van der Waals surface area (Å²) in [6, 6.07) is 1.91. The van der Waals surface area contributed by atoms with Crippen molar-refractivity contribution in [2.45, 2.75) is 13.5 Å². The van der Waals surface area contributed by atoms with E-state index in [0.717, 1.165) is 15.9 Å². The fraction of sp³-hybridized carbons (Fsp3) is 0.222. The fourth-order valence-corrected chi connectivity index (χ4v) is 1.62. The SMILES string of the molecule is Cc1nn(Cc2coc(Br)c2)cc1N. The Morgan fingerprint density at radius 2 is 2.43 bits per heavy atom. The first kappa shape index (κ1) is 9.33. The van der Waals surface area contributed by atoms with Crippen molar-refractivity contribution in [1.29, 1.82) is 0 Å². The van der Waals surface area contributed by atoms with Crippen LogP contribution in [-0.2, 0) is 6.54 Å². The van der Waals surface area contributed by atoms with E-state index in [-0.39, 0.29) is 0 Å². The van der Waals surface area contributed by atoms with Crippen molar-refractivity contribution in [3.05, 3.63) is 34.5 Å². The van der Waals surface area contributed by atoms with E-state index in [2.05, 4.69) is 21.0 Å². The Morgan fingerprint density at radius 1 is 1.64 bits per heavy atom. The molecule has 0 aromatic carbocycles. The first-order valence-electron chi connectivity index (χ1n) is 4.17. The summed E-state index contributed by atoms with van der Waals surface area (Å²) in [5.74, 6) is 0. The first-order valence-corrected chi connectivity index (χ1v) is 4.97. The monoisotopic (exact) mass is 255 g/mol. The second kappa shape index (κ2) is 3.49. The highest BCUT2D eigenvalue weighted by atomic mass is 79.9. The third-order valence-electron chi connectivity index (χ3n) is 1.95. The molecule has 2 rings (SSSR count). The zero-order valence-electron chi connectivity index (χ0n) is 7.70. The summed E-state index contributed by atoms with van der Waals surface area (Å²) >= 11 is 3.24. The molecule has 0 bridgehead atoms. The number of anilines is 1. The van der Waals surface area contributed by atoms with Crippen LogP contribution >= 0.6 is 15.9 Å². The van der Waals surface area contributed by atoms with Crippen molar-refractivity contribution in [3.8, 4) is 0 Å². The molecule has 14 heavy (non-hydrogen) atoms. The molecule has 0 atom stereocenters. The van der Waals surface area contributed by atoms with Crippen molar-refractivity contribution in [2.24, 2.45) is 0 Å². The number of hydrogen-bond donors (Lipinski definition) is 1. The molecule has 0 saturated heterocycles. The summed E-state index contributed by atoms with van der Waals surface area (Å²) in [6.45, 7) is 2.56. The van der Waals surface area contributed by atoms with E-state index in [9.17, 15) is 0 Å². The van der Waals surface area contributed by atoms with Crippen molar-refractivity contribution < 1.29 is 4.42 Å². The minimum atomic E-state index is 0.674. The van der Waals surface area contributed by atoms with Gasteiger partial charge in [0, 0.05) is 11.8 Å². The van der Waals surface area contributed by atoms with E-state index >= 15 is 0 Å². The number of nitrogen functional groups attached to an aromatic ring is 1. The highest BCUT2D eigenvalue weighted by molar-refractivity contribution is 9.10. The Hall–Kier alpha value is -1.23. The lowest BCUT2D eigenvalue weighted by Crippen LogP contribution is -1.98. The van der Waals surface area contributed by atoms with Crippen molar-refractivity contribution in [3.63, 3.8) is 0 Å². The molecule has 2 aromatic heterocycles. The van der Waals surface area contributed by atoms with Gasteiger partial charge in [-0.2, -0.15) is 5.10 Å². The maximum atomic E-state index is 5.68. The average Bonchev–Trinajstić information content (AvgIpc) is 2.62. The molecular weight excluding hydrogens is 246 g/mol. The van der Waals surface area contributed by atoms with Crippen LogP contribution in [0.3, 0.4) is 0 Å². The molecule has 0 spiro atoms. The highest BCUT2D eigenvalue weighted by Crippen LogP contribution is 2.15. The summed E-state index contributed by atoms with van der Waals surface area (Å²) in [7, 11) is 0. The van der Waals surface area contributed by atoms with Crippen LogP contribution in [-0.4, -0.2) is 9.78 Å². The molecule has 0 fully saturated rings. The van der Waals surface area contributed by atoms with Gasteiger partial charge in [-0.15, -0.1) is 0 Å². The molecule has 0 aliphatic heterocycles. The topological polar surface area (TPSA) is 57.0 Å². The van der Waals surface area contributed by atoms with Gasteiger partial charge in [0.25, 0.3) is 0 Å². The predicted octanol–water partition coefficient (Wildman–Crippen LogP) is 2.18. The second-order valence-electron chi connectivity index (χ2n) is 3.13. The average molecular weight is 256 g/mol. The molecule has 74 valence electrons. The molecule has 2 N–H and O–H groups in total. The van der Waals surface area contributed by atoms with Gasteiger partial charge in [0.15, 0.2) is 4.67 Å². The predicted molar refractivity (Wildman–Crippen MR) is 56.9 cm³/mol. The lowest BCUT2D eigenvalue weighted by molar-refractivity contribution is 0.535. The van der Waals surface area contributed by atoms with Gasteiger partial charge >= 0.3 is 0 Å². The quantitative estimate of drug-likeness (QED) is 0.895. The standard InChI is InChI=1S/C9H10BrN3O/c1-6-8(11)4-13(12-6)3-7-2-9(10)14-5-7/h2,4-5H,3,11H2,1H3. The minimum Gasteiger partial charge on any atom is -0.457 e. The molecule has 0 saturated carbocycles. The van der Waals surface area contributed by atoms with E-state index in [0.29, 0.717) is 12.2 Å². The number of hydrogen-bond acceptors (Lipinski definition) is 3. The summed E-state index contributed by atoms with van der Waals surface area (Å²) in [5, 5.41) is 4.25. The maximum Gasteiger partial charge on any atom is 0.169 e. The summed E-state index contributed by atoms with van der Waals surface area (Å²) in [4.78, 5) is 0. The normalized spacial score (nSPS) is 10.7. The summed E-state index contributed by atoms with van der Waals surface area (Å²) in [5.41, 5.74) is 8.31. The van der Waals surface area contributed by atoms with Crippen molar-refractivity contribution in [1.82, 2.24) is 9.78 Å². The number of halogens is 1. The molecule has 4 nitrogen and oxygen atoms in total. The Bertz CT molecular complexity index is 427. The van der Waals surface area contributed by atoms with Gasteiger partial charge in [-0.05, 0) is 28.9 Å². The van der Waals surface area contributed by atoms with Gasteiger partial charge in [0.1, 0.15) is 0 Å². The zero-order valence-corrected chi connectivity index (χ0v) is 9.28. The van der Waals surface area contributed by atoms with Crippen LogP contribution in [0.1, 0.15) is 11.3 Å². The Kier molecular flexibility index (Phi) is 2.33. The number of aromatic nitrogens is 2. The fourth-order valence-electron chi connectivity index (χ4n) is 1.23. The molecule has 0 radical (unpaired) electrons. The van der Waals surface area contributed by atoms with Crippen LogP contribution in [0, 0.1) is 6.92 Å². The third kappa shape index (κ3) is 1.82. The van der Waals surface area contributed by atoms with Gasteiger partial charge < -0.3 is 10.2 Å². The summed E-state index contributed by atoms with van der Waals surface area (Å²) in [6.07, 6.45) is 3.51. The molecule has 0 aliphatic rings. The van der Waals surface area contributed by atoms with Gasteiger partial charge in [-0.3, -0.25) is 4.68 Å². The Morgan fingerprint density at radius 3 is 2.93 bits per heavy atom.